The minimum Gasteiger partial charge on any atom is -0.490 e. The number of carbonyl (C=O) groups excluding carboxylic acids is 2. The molecule has 0 atom stereocenters. The molecule has 0 aromatic heterocycles. The third-order valence-electron chi connectivity index (χ3n) is 5.10. The third kappa shape index (κ3) is 5.94. The Morgan fingerprint density at radius 1 is 0.970 bits per heavy atom. The van der Waals surface area contributed by atoms with E-state index in [4.69, 9.17) is 14.7 Å². The van der Waals surface area contributed by atoms with Gasteiger partial charge in [0.05, 0.1) is 23.8 Å². The Labute approximate surface area is 188 Å². The van der Waals surface area contributed by atoms with Crippen molar-refractivity contribution in [3.05, 3.63) is 59.2 Å². The van der Waals surface area contributed by atoms with Gasteiger partial charge in [0.2, 0.25) is 0 Å². The van der Waals surface area contributed by atoms with Gasteiger partial charge in [-0.3, -0.25) is 9.59 Å². The Morgan fingerprint density at radius 3 is 2.18 bits per heavy atom. The number of alkyl halides is 3. The molecular formula is C23H22F3N3O4. The molecule has 1 aliphatic rings. The van der Waals surface area contributed by atoms with Crippen molar-refractivity contribution in [2.45, 2.75) is 13.1 Å². The van der Waals surface area contributed by atoms with Gasteiger partial charge in [-0.05, 0) is 43.3 Å². The van der Waals surface area contributed by atoms with Crippen molar-refractivity contribution in [1.82, 2.24) is 9.80 Å². The summed E-state index contributed by atoms with van der Waals surface area (Å²) in [6.45, 7) is 2.99. The number of piperazine rings is 1. The Kier molecular flexibility index (Phi) is 7.43. The summed E-state index contributed by atoms with van der Waals surface area (Å²) < 4.78 is 49.1. The van der Waals surface area contributed by atoms with Crippen LogP contribution >= 0.6 is 0 Å². The first-order chi connectivity index (χ1) is 15.7. The van der Waals surface area contributed by atoms with Gasteiger partial charge in [0.1, 0.15) is 0 Å². The summed E-state index contributed by atoms with van der Waals surface area (Å²) in [6, 6.07) is 10.7. The zero-order valence-corrected chi connectivity index (χ0v) is 17.9. The summed E-state index contributed by atoms with van der Waals surface area (Å²) in [7, 11) is 0. The van der Waals surface area contributed by atoms with Crippen LogP contribution in [0.25, 0.3) is 0 Å². The molecule has 1 fully saturated rings. The van der Waals surface area contributed by atoms with Crippen LogP contribution < -0.4 is 9.47 Å². The lowest BCUT2D eigenvalue weighted by molar-refractivity contribution is -0.137. The van der Waals surface area contributed by atoms with Crippen LogP contribution in [0.2, 0.25) is 0 Å². The van der Waals surface area contributed by atoms with Gasteiger partial charge in [-0.25, -0.2) is 0 Å². The maximum absolute atomic E-state index is 12.7. The predicted molar refractivity (Wildman–Crippen MR) is 112 cm³/mol. The second-order valence-corrected chi connectivity index (χ2v) is 7.24. The van der Waals surface area contributed by atoms with Crippen molar-refractivity contribution in [2.24, 2.45) is 0 Å². The maximum Gasteiger partial charge on any atom is 0.416 e. The van der Waals surface area contributed by atoms with Gasteiger partial charge in [-0.1, -0.05) is 0 Å². The molecule has 0 saturated carbocycles. The van der Waals surface area contributed by atoms with Crippen molar-refractivity contribution >= 4 is 11.8 Å². The first kappa shape index (κ1) is 23.9. The van der Waals surface area contributed by atoms with E-state index in [1.807, 2.05) is 6.07 Å². The molecule has 0 bridgehead atoms. The number of benzene rings is 2. The predicted octanol–water partition coefficient (Wildman–Crippen LogP) is 3.34. The monoisotopic (exact) mass is 461 g/mol. The number of amides is 2. The first-order valence-electron chi connectivity index (χ1n) is 10.3. The van der Waals surface area contributed by atoms with Gasteiger partial charge in [-0.2, -0.15) is 18.4 Å². The molecule has 0 aliphatic carbocycles. The van der Waals surface area contributed by atoms with Crippen LogP contribution in [0.1, 0.15) is 28.4 Å². The second kappa shape index (κ2) is 10.3. The zero-order valence-electron chi connectivity index (χ0n) is 17.9. The summed E-state index contributed by atoms with van der Waals surface area (Å²) in [6.07, 6.45) is -4.46. The molecule has 0 radical (unpaired) electrons. The minimum absolute atomic E-state index is 0.162. The molecule has 2 aromatic rings. The topological polar surface area (TPSA) is 82.9 Å². The van der Waals surface area contributed by atoms with Crippen LogP contribution in [-0.2, 0) is 11.0 Å². The lowest BCUT2D eigenvalue weighted by atomic mass is 10.1. The SMILES string of the molecule is CCOc1cc(C#N)ccc1OCC(=O)N1CCN(C(=O)c2ccc(C(F)(F)F)cc2)CC1. The third-order valence-corrected chi connectivity index (χ3v) is 5.10. The molecular weight excluding hydrogens is 439 g/mol. The van der Waals surface area contributed by atoms with Crippen LogP contribution in [0.5, 0.6) is 11.5 Å². The molecule has 33 heavy (non-hydrogen) atoms. The first-order valence-corrected chi connectivity index (χ1v) is 10.3. The van der Waals surface area contributed by atoms with E-state index in [0.29, 0.717) is 23.7 Å². The number of carbonyl (C=O) groups is 2. The smallest absolute Gasteiger partial charge is 0.416 e. The van der Waals surface area contributed by atoms with E-state index in [9.17, 15) is 22.8 Å². The number of rotatable bonds is 6. The van der Waals surface area contributed by atoms with Crippen LogP contribution in [0.4, 0.5) is 13.2 Å². The Hall–Kier alpha value is -3.74. The van der Waals surface area contributed by atoms with E-state index in [2.05, 4.69) is 0 Å². The molecule has 2 aromatic carbocycles. The van der Waals surface area contributed by atoms with E-state index >= 15 is 0 Å². The van der Waals surface area contributed by atoms with Crippen molar-refractivity contribution in [1.29, 1.82) is 5.26 Å². The fourth-order valence-corrected chi connectivity index (χ4v) is 3.34. The van der Waals surface area contributed by atoms with Gasteiger partial charge in [-0.15, -0.1) is 0 Å². The van der Waals surface area contributed by atoms with E-state index in [1.165, 1.54) is 11.0 Å². The summed E-state index contributed by atoms with van der Waals surface area (Å²) in [5, 5.41) is 9.01. The second-order valence-electron chi connectivity index (χ2n) is 7.24. The fraction of sp³-hybridized carbons (Fsp3) is 0.348. The number of nitriles is 1. The number of halogens is 3. The molecule has 0 spiro atoms. The highest BCUT2D eigenvalue weighted by molar-refractivity contribution is 5.94. The number of ether oxygens (including phenoxy) is 2. The molecule has 1 saturated heterocycles. The maximum atomic E-state index is 12.7. The minimum atomic E-state index is -4.46. The molecule has 0 unspecified atom stereocenters. The summed E-state index contributed by atoms with van der Waals surface area (Å²) >= 11 is 0. The van der Waals surface area contributed by atoms with Crippen LogP contribution in [0.3, 0.4) is 0 Å². The van der Waals surface area contributed by atoms with Crippen molar-refractivity contribution in [3.63, 3.8) is 0 Å². The zero-order chi connectivity index (χ0) is 24.0. The van der Waals surface area contributed by atoms with Gasteiger partial charge in [0.25, 0.3) is 11.8 Å². The lowest BCUT2D eigenvalue weighted by Gasteiger charge is -2.34. The van der Waals surface area contributed by atoms with E-state index in [0.717, 1.165) is 24.3 Å². The number of hydrogen-bond donors (Lipinski definition) is 0. The normalized spacial score (nSPS) is 13.9. The molecule has 174 valence electrons. The van der Waals surface area contributed by atoms with Gasteiger partial charge >= 0.3 is 6.18 Å². The van der Waals surface area contributed by atoms with E-state index < -0.39 is 11.7 Å². The van der Waals surface area contributed by atoms with Crippen LogP contribution in [0, 0.1) is 11.3 Å². The van der Waals surface area contributed by atoms with Gasteiger partial charge in [0.15, 0.2) is 18.1 Å². The summed E-state index contributed by atoms with van der Waals surface area (Å²) in [5.41, 5.74) is -0.245. The Morgan fingerprint density at radius 2 is 1.61 bits per heavy atom. The largest absolute Gasteiger partial charge is 0.490 e. The van der Waals surface area contributed by atoms with Crippen molar-refractivity contribution in [3.8, 4) is 17.6 Å². The average molecular weight is 461 g/mol. The molecule has 0 N–H and O–H groups in total. The molecule has 3 rings (SSSR count). The Balaban J connectivity index is 1.53. The van der Waals surface area contributed by atoms with Gasteiger partial charge in [0, 0.05) is 37.8 Å². The molecule has 7 nitrogen and oxygen atoms in total. The number of nitrogens with zero attached hydrogens (tertiary/aromatic N) is 3. The molecule has 2 amide bonds. The van der Waals surface area contributed by atoms with E-state index in [1.54, 1.807) is 24.0 Å². The molecule has 10 heteroatoms. The highest BCUT2D eigenvalue weighted by Gasteiger charge is 2.31. The summed E-state index contributed by atoms with van der Waals surface area (Å²) in [5.74, 6) is 0.0612. The molecule has 1 heterocycles. The Bertz CT molecular complexity index is 1040. The highest BCUT2D eigenvalue weighted by Crippen LogP contribution is 2.30. The molecule has 1 aliphatic heterocycles. The average Bonchev–Trinajstić information content (AvgIpc) is 2.82. The summed E-state index contributed by atoms with van der Waals surface area (Å²) in [4.78, 5) is 28.2. The van der Waals surface area contributed by atoms with Gasteiger partial charge < -0.3 is 19.3 Å². The standard InChI is InChI=1S/C23H22F3N3O4/c1-2-32-20-13-16(14-27)3-8-19(20)33-15-21(30)28-9-11-29(12-10-28)22(31)17-4-6-18(7-5-17)23(24,25)26/h3-8,13H,2,9-12,15H2,1H3. The number of hydrogen-bond acceptors (Lipinski definition) is 5. The fourth-order valence-electron chi connectivity index (χ4n) is 3.34. The highest BCUT2D eigenvalue weighted by atomic mass is 19.4. The lowest BCUT2D eigenvalue weighted by Crippen LogP contribution is -2.51. The van der Waals surface area contributed by atoms with Crippen LogP contribution in [-0.4, -0.2) is 61.0 Å². The van der Waals surface area contributed by atoms with E-state index in [-0.39, 0.29) is 50.2 Å². The van der Waals surface area contributed by atoms with Crippen molar-refractivity contribution < 1.29 is 32.2 Å². The van der Waals surface area contributed by atoms with Crippen LogP contribution in [0.15, 0.2) is 42.5 Å². The van der Waals surface area contributed by atoms with Crippen molar-refractivity contribution in [2.75, 3.05) is 39.4 Å². The quantitative estimate of drug-likeness (QED) is 0.659.